The van der Waals surface area contributed by atoms with E-state index < -0.39 is 18.3 Å². The second kappa shape index (κ2) is 8.93. The molecule has 0 saturated heterocycles. The fourth-order valence-electron chi connectivity index (χ4n) is 4.36. The molecule has 0 unspecified atom stereocenters. The summed E-state index contributed by atoms with van der Waals surface area (Å²) in [6, 6.07) is 6.96. The standard InChI is InChI=1S/C23H25F3N5/c24-11-15-10-17(28)13-31(23(15)22-19(25)5-2-6-20(22)26)30-21-12-29-8-7-18(21)14-3-1-4-16(27)9-14/h2,5-8,10,12-14,16,30H,1,3-4,9,11,27-28H2/q+1/t14-,16+/m1/s1. The number of nitrogens with zero attached hydrogens (tertiary/aromatic N) is 2. The van der Waals surface area contributed by atoms with Gasteiger partial charge in [0.15, 0.2) is 0 Å². The molecular formula is C23H25F3N5+. The van der Waals surface area contributed by atoms with Crippen molar-refractivity contribution in [1.29, 1.82) is 0 Å². The molecule has 8 heteroatoms. The van der Waals surface area contributed by atoms with E-state index in [-0.39, 0.29) is 34.5 Å². The Balaban J connectivity index is 1.83. The minimum absolute atomic E-state index is 0.0300. The number of nitrogen functional groups attached to an aromatic ring is 1. The average Bonchev–Trinajstić information content (AvgIpc) is 2.75. The smallest absolute Gasteiger partial charge is 0.254 e. The van der Waals surface area contributed by atoms with E-state index in [1.54, 1.807) is 12.4 Å². The van der Waals surface area contributed by atoms with Gasteiger partial charge in [0, 0.05) is 12.2 Å². The molecule has 0 spiro atoms. The lowest BCUT2D eigenvalue weighted by Gasteiger charge is -2.27. The number of nitrogens with two attached hydrogens (primary N) is 2. The maximum absolute atomic E-state index is 14.6. The van der Waals surface area contributed by atoms with E-state index in [0.717, 1.165) is 43.4 Å². The summed E-state index contributed by atoms with van der Waals surface area (Å²) in [4.78, 5) is 4.20. The number of benzene rings is 1. The van der Waals surface area contributed by atoms with Crippen LogP contribution in [0.4, 0.5) is 24.5 Å². The highest BCUT2D eigenvalue weighted by atomic mass is 19.1. The molecule has 1 fully saturated rings. The summed E-state index contributed by atoms with van der Waals surface area (Å²) in [6.45, 7) is -0.937. The van der Waals surface area contributed by atoms with E-state index >= 15 is 0 Å². The number of hydrogen-bond donors (Lipinski definition) is 3. The molecule has 0 amide bonds. The van der Waals surface area contributed by atoms with Gasteiger partial charge in [-0.2, -0.15) is 5.43 Å². The van der Waals surface area contributed by atoms with Crippen molar-refractivity contribution >= 4 is 11.4 Å². The molecule has 1 saturated carbocycles. The molecule has 2 heterocycles. The first-order valence-corrected chi connectivity index (χ1v) is 10.3. The molecule has 0 bridgehead atoms. The number of hydrogen-bond acceptors (Lipinski definition) is 4. The molecule has 2 atom stereocenters. The predicted octanol–water partition coefficient (Wildman–Crippen LogP) is 4.23. The third-order valence-corrected chi connectivity index (χ3v) is 5.76. The number of halogens is 3. The number of anilines is 2. The van der Waals surface area contributed by atoms with Gasteiger partial charge in [0.2, 0.25) is 6.20 Å². The van der Waals surface area contributed by atoms with Gasteiger partial charge in [0.05, 0.1) is 17.4 Å². The first kappa shape index (κ1) is 21.1. The normalized spacial score (nSPS) is 18.7. The van der Waals surface area contributed by atoms with Crippen molar-refractivity contribution in [3.63, 3.8) is 0 Å². The number of pyridine rings is 2. The van der Waals surface area contributed by atoms with Crippen LogP contribution >= 0.6 is 0 Å². The minimum Gasteiger partial charge on any atom is -0.394 e. The highest BCUT2D eigenvalue weighted by molar-refractivity contribution is 5.64. The van der Waals surface area contributed by atoms with Crippen LogP contribution in [-0.2, 0) is 6.67 Å². The van der Waals surface area contributed by atoms with Crippen LogP contribution in [0, 0.1) is 11.6 Å². The van der Waals surface area contributed by atoms with Crippen LogP contribution in [0.3, 0.4) is 0 Å². The summed E-state index contributed by atoms with van der Waals surface area (Å²) in [5.41, 5.74) is 17.0. The van der Waals surface area contributed by atoms with E-state index in [1.807, 2.05) is 6.07 Å². The summed E-state index contributed by atoms with van der Waals surface area (Å²) in [5, 5.41) is 0. The first-order chi connectivity index (χ1) is 15.0. The lowest BCUT2D eigenvalue weighted by atomic mass is 9.81. The van der Waals surface area contributed by atoms with Gasteiger partial charge >= 0.3 is 0 Å². The Hall–Kier alpha value is -3.13. The zero-order chi connectivity index (χ0) is 22.0. The van der Waals surface area contributed by atoms with Crippen LogP contribution in [-0.4, -0.2) is 11.0 Å². The van der Waals surface area contributed by atoms with Crippen LogP contribution in [0.25, 0.3) is 11.3 Å². The molecule has 1 aliphatic rings. The van der Waals surface area contributed by atoms with Crippen molar-refractivity contribution < 1.29 is 17.8 Å². The molecule has 2 aromatic heterocycles. The fourth-order valence-corrected chi connectivity index (χ4v) is 4.36. The van der Waals surface area contributed by atoms with E-state index in [4.69, 9.17) is 11.5 Å². The molecule has 0 aliphatic heterocycles. The number of nitrogens with one attached hydrogen (secondary N) is 1. The molecule has 3 aromatic rings. The predicted molar refractivity (Wildman–Crippen MR) is 114 cm³/mol. The van der Waals surface area contributed by atoms with Gasteiger partial charge in [0.1, 0.15) is 29.6 Å². The van der Waals surface area contributed by atoms with Crippen LogP contribution in [0.1, 0.15) is 42.7 Å². The Morgan fingerprint density at radius 2 is 1.94 bits per heavy atom. The summed E-state index contributed by atoms with van der Waals surface area (Å²) >= 11 is 0. The number of alkyl halides is 1. The van der Waals surface area contributed by atoms with E-state index in [2.05, 4.69) is 10.4 Å². The van der Waals surface area contributed by atoms with Crippen LogP contribution in [0.5, 0.6) is 0 Å². The number of rotatable bonds is 5. The van der Waals surface area contributed by atoms with Gasteiger partial charge in [-0.3, -0.25) is 4.98 Å². The molecule has 0 radical (unpaired) electrons. The van der Waals surface area contributed by atoms with Gasteiger partial charge in [0.25, 0.3) is 5.69 Å². The van der Waals surface area contributed by atoms with Gasteiger partial charge < -0.3 is 11.5 Å². The molecule has 5 nitrogen and oxygen atoms in total. The van der Waals surface area contributed by atoms with E-state index in [9.17, 15) is 13.2 Å². The quantitative estimate of drug-likeness (QED) is 0.532. The topological polar surface area (TPSA) is 80.8 Å². The van der Waals surface area contributed by atoms with E-state index in [0.29, 0.717) is 5.69 Å². The summed E-state index contributed by atoms with van der Waals surface area (Å²) < 4.78 is 44.5. The summed E-state index contributed by atoms with van der Waals surface area (Å²) in [6.07, 6.45) is 8.66. The number of aromatic nitrogens is 2. The lowest BCUT2D eigenvalue weighted by molar-refractivity contribution is -0.631. The maximum Gasteiger partial charge on any atom is 0.254 e. The highest BCUT2D eigenvalue weighted by Gasteiger charge is 2.29. The van der Waals surface area contributed by atoms with Gasteiger partial charge in [-0.05, 0) is 55.0 Å². The molecular weight excluding hydrogens is 403 g/mol. The highest BCUT2D eigenvalue weighted by Crippen LogP contribution is 2.36. The Labute approximate surface area is 178 Å². The third-order valence-electron chi connectivity index (χ3n) is 5.76. The summed E-state index contributed by atoms with van der Waals surface area (Å²) in [5.74, 6) is -1.36. The van der Waals surface area contributed by atoms with Crippen LogP contribution in [0.2, 0.25) is 0 Å². The second-order valence-electron chi connectivity index (χ2n) is 7.95. The average molecular weight is 428 g/mol. The zero-order valence-electron chi connectivity index (χ0n) is 17.0. The van der Waals surface area contributed by atoms with Gasteiger partial charge in [-0.1, -0.05) is 17.2 Å². The lowest BCUT2D eigenvalue weighted by Crippen LogP contribution is -2.46. The van der Waals surface area contributed by atoms with Crippen LogP contribution in [0.15, 0.2) is 48.9 Å². The zero-order valence-corrected chi connectivity index (χ0v) is 17.0. The SMILES string of the molecule is Nc1cc(CF)c(-c2c(F)cccc2F)[n+](Nc2cnccc2[C@@H]2CCC[C@H](N)C2)c1. The molecule has 162 valence electrons. The molecule has 5 N–H and O–H groups in total. The third kappa shape index (κ3) is 4.34. The molecule has 1 aliphatic carbocycles. The van der Waals surface area contributed by atoms with Gasteiger partial charge in [-0.15, -0.1) is 0 Å². The first-order valence-electron chi connectivity index (χ1n) is 10.3. The largest absolute Gasteiger partial charge is 0.394 e. The maximum atomic E-state index is 14.6. The molecule has 1 aromatic carbocycles. The minimum atomic E-state index is -0.937. The molecule has 4 rings (SSSR count). The van der Waals surface area contributed by atoms with Crippen molar-refractivity contribution in [3.8, 4) is 11.3 Å². The van der Waals surface area contributed by atoms with Crippen molar-refractivity contribution in [3.05, 3.63) is 71.7 Å². The monoisotopic (exact) mass is 428 g/mol. The Morgan fingerprint density at radius 3 is 2.65 bits per heavy atom. The van der Waals surface area contributed by atoms with Crippen molar-refractivity contribution in [1.82, 2.24) is 4.98 Å². The second-order valence-corrected chi connectivity index (χ2v) is 7.95. The van der Waals surface area contributed by atoms with Crippen molar-refractivity contribution in [2.24, 2.45) is 5.73 Å². The molecule has 31 heavy (non-hydrogen) atoms. The van der Waals surface area contributed by atoms with Crippen molar-refractivity contribution in [2.75, 3.05) is 11.2 Å². The Bertz CT molecular complexity index is 1070. The van der Waals surface area contributed by atoms with E-state index in [1.165, 1.54) is 23.0 Å². The van der Waals surface area contributed by atoms with Gasteiger partial charge in [-0.25, -0.2) is 13.2 Å². The van der Waals surface area contributed by atoms with Crippen LogP contribution < -0.4 is 21.6 Å². The Morgan fingerprint density at radius 1 is 1.16 bits per heavy atom. The Kier molecular flexibility index (Phi) is 6.08. The fraction of sp³-hybridized carbons (Fsp3) is 0.304. The van der Waals surface area contributed by atoms with Crippen molar-refractivity contribution in [2.45, 2.75) is 44.3 Å². The summed E-state index contributed by atoms with van der Waals surface area (Å²) in [7, 11) is 0.